The van der Waals surface area contributed by atoms with Crippen molar-refractivity contribution >= 4 is 0 Å². The van der Waals surface area contributed by atoms with Gasteiger partial charge in [0.25, 0.3) is 0 Å². The molecule has 0 bridgehead atoms. The van der Waals surface area contributed by atoms with Crippen molar-refractivity contribution in [3.63, 3.8) is 0 Å². The van der Waals surface area contributed by atoms with E-state index in [1.165, 1.54) is 12.8 Å². The van der Waals surface area contributed by atoms with E-state index >= 15 is 0 Å². The summed E-state index contributed by atoms with van der Waals surface area (Å²) >= 11 is 0. The van der Waals surface area contributed by atoms with Crippen molar-refractivity contribution in [1.82, 2.24) is 4.90 Å². The summed E-state index contributed by atoms with van der Waals surface area (Å²) in [4.78, 5) is 2.74. The van der Waals surface area contributed by atoms with Crippen LogP contribution in [0.15, 0.2) is 0 Å². The molecule has 1 aliphatic rings. The van der Waals surface area contributed by atoms with Gasteiger partial charge >= 0.3 is 0 Å². The molecule has 0 spiro atoms. The van der Waals surface area contributed by atoms with E-state index in [1.54, 1.807) is 0 Å². The lowest BCUT2D eigenvalue weighted by molar-refractivity contribution is -0.139. The second-order valence-corrected chi connectivity index (χ2v) is 7.52. The molecule has 0 aliphatic carbocycles. The highest BCUT2D eigenvalue weighted by Gasteiger charge is 2.46. The quantitative estimate of drug-likeness (QED) is 0.740. The third-order valence-corrected chi connectivity index (χ3v) is 5.40. The van der Waals surface area contributed by atoms with Crippen molar-refractivity contribution in [2.75, 3.05) is 19.7 Å². The van der Waals surface area contributed by atoms with E-state index in [-0.39, 0.29) is 11.1 Å². The summed E-state index contributed by atoms with van der Waals surface area (Å²) in [6.07, 6.45) is 5.61. The van der Waals surface area contributed by atoms with Crippen molar-refractivity contribution in [3.8, 4) is 0 Å². The number of nitrogens with zero attached hydrogens (tertiary/aromatic N) is 1. The Kier molecular flexibility index (Phi) is 7.15. The average Bonchev–Trinajstić information content (AvgIpc) is 2.47. The Morgan fingerprint density at radius 3 is 2.24 bits per heavy atom. The van der Waals surface area contributed by atoms with Crippen molar-refractivity contribution in [2.24, 2.45) is 11.7 Å². The standard InChI is InChI=1S/C18H38N2O/c1-7-16(8-2)20(12-15(4)5)18(14-19)10-11-21-17(6,9-3)13-18/h15-16H,7-14,19H2,1-6H3. The highest BCUT2D eigenvalue weighted by molar-refractivity contribution is 5.02. The lowest BCUT2D eigenvalue weighted by atomic mass is 9.76. The molecule has 126 valence electrons. The van der Waals surface area contributed by atoms with Crippen LogP contribution in [0.2, 0.25) is 0 Å². The minimum Gasteiger partial charge on any atom is -0.375 e. The fourth-order valence-corrected chi connectivity index (χ4v) is 3.94. The third-order valence-electron chi connectivity index (χ3n) is 5.40. The molecule has 1 aliphatic heterocycles. The summed E-state index contributed by atoms with van der Waals surface area (Å²) in [5.74, 6) is 0.671. The van der Waals surface area contributed by atoms with Gasteiger partial charge in [-0.2, -0.15) is 0 Å². The molecule has 3 heteroatoms. The molecule has 1 rings (SSSR count). The Balaban J connectivity index is 3.09. The minimum atomic E-state index is -0.0150. The van der Waals surface area contributed by atoms with Crippen LogP contribution < -0.4 is 5.73 Å². The Bertz CT molecular complexity index is 304. The lowest BCUT2D eigenvalue weighted by Gasteiger charge is -2.54. The predicted octanol–water partition coefficient (Wildman–Crippen LogP) is 3.81. The SMILES string of the molecule is CCC(CC)N(CC(C)C)C1(CN)CCOC(C)(CC)C1. The topological polar surface area (TPSA) is 38.5 Å². The van der Waals surface area contributed by atoms with E-state index in [9.17, 15) is 0 Å². The molecule has 21 heavy (non-hydrogen) atoms. The van der Waals surface area contributed by atoms with Gasteiger partial charge in [-0.3, -0.25) is 4.90 Å². The number of rotatable bonds is 8. The average molecular weight is 299 g/mol. The molecule has 1 saturated heterocycles. The molecule has 2 unspecified atom stereocenters. The minimum absolute atomic E-state index is 0.0150. The second-order valence-electron chi connectivity index (χ2n) is 7.52. The van der Waals surface area contributed by atoms with Crippen LogP contribution >= 0.6 is 0 Å². The summed E-state index contributed by atoms with van der Waals surface area (Å²) in [6.45, 7) is 16.5. The predicted molar refractivity (Wildman–Crippen MR) is 91.6 cm³/mol. The van der Waals surface area contributed by atoms with Crippen molar-refractivity contribution in [1.29, 1.82) is 0 Å². The van der Waals surface area contributed by atoms with Gasteiger partial charge in [0.05, 0.1) is 5.60 Å². The van der Waals surface area contributed by atoms with Crippen LogP contribution in [0, 0.1) is 5.92 Å². The summed E-state index contributed by atoms with van der Waals surface area (Å²) in [5, 5.41) is 0. The Hall–Kier alpha value is -0.120. The van der Waals surface area contributed by atoms with Gasteiger partial charge in [0, 0.05) is 31.3 Å². The molecule has 2 atom stereocenters. The zero-order chi connectivity index (χ0) is 16.1. The number of hydrogen-bond donors (Lipinski definition) is 1. The molecule has 3 nitrogen and oxygen atoms in total. The largest absolute Gasteiger partial charge is 0.375 e. The van der Waals surface area contributed by atoms with Crippen LogP contribution in [0.1, 0.15) is 73.6 Å². The van der Waals surface area contributed by atoms with Crippen LogP contribution in [0.3, 0.4) is 0 Å². The molecule has 0 aromatic carbocycles. The first-order valence-corrected chi connectivity index (χ1v) is 8.97. The molecule has 1 heterocycles. The van der Waals surface area contributed by atoms with Gasteiger partial charge in [-0.15, -0.1) is 0 Å². The van der Waals surface area contributed by atoms with Gasteiger partial charge in [-0.1, -0.05) is 34.6 Å². The second kappa shape index (κ2) is 7.94. The first-order valence-electron chi connectivity index (χ1n) is 8.97. The maximum Gasteiger partial charge on any atom is 0.0670 e. The van der Waals surface area contributed by atoms with Crippen LogP contribution in [0.5, 0.6) is 0 Å². The number of ether oxygens (including phenoxy) is 1. The first-order chi connectivity index (χ1) is 9.86. The Morgan fingerprint density at radius 2 is 1.81 bits per heavy atom. The van der Waals surface area contributed by atoms with Crippen LogP contribution in [-0.4, -0.2) is 41.8 Å². The van der Waals surface area contributed by atoms with Crippen LogP contribution in [-0.2, 0) is 4.74 Å². The third kappa shape index (κ3) is 4.43. The molecule has 0 aromatic rings. The Morgan fingerprint density at radius 1 is 1.19 bits per heavy atom. The zero-order valence-corrected chi connectivity index (χ0v) is 15.2. The molecule has 0 aromatic heterocycles. The molecule has 1 fully saturated rings. The maximum atomic E-state index is 6.34. The van der Waals surface area contributed by atoms with Gasteiger partial charge in [0.2, 0.25) is 0 Å². The van der Waals surface area contributed by atoms with Gasteiger partial charge < -0.3 is 10.5 Å². The fraction of sp³-hybridized carbons (Fsp3) is 1.00. The smallest absolute Gasteiger partial charge is 0.0670 e. The number of nitrogens with two attached hydrogens (primary N) is 1. The van der Waals surface area contributed by atoms with Gasteiger partial charge in [0.15, 0.2) is 0 Å². The lowest BCUT2D eigenvalue weighted by Crippen LogP contribution is -2.64. The van der Waals surface area contributed by atoms with Crippen molar-refractivity contribution in [3.05, 3.63) is 0 Å². The van der Waals surface area contributed by atoms with E-state index in [0.29, 0.717) is 12.0 Å². The van der Waals surface area contributed by atoms with Crippen molar-refractivity contribution < 1.29 is 4.74 Å². The maximum absolute atomic E-state index is 6.34. The molecule has 0 saturated carbocycles. The van der Waals surface area contributed by atoms with Gasteiger partial charge in [-0.25, -0.2) is 0 Å². The van der Waals surface area contributed by atoms with E-state index in [2.05, 4.69) is 46.4 Å². The normalized spacial score (nSPS) is 30.6. The summed E-state index contributed by atoms with van der Waals surface area (Å²) < 4.78 is 6.09. The van der Waals surface area contributed by atoms with E-state index in [4.69, 9.17) is 10.5 Å². The summed E-state index contributed by atoms with van der Waals surface area (Å²) in [7, 11) is 0. The molecule has 0 radical (unpaired) electrons. The fourth-order valence-electron chi connectivity index (χ4n) is 3.94. The monoisotopic (exact) mass is 298 g/mol. The molecule has 2 N–H and O–H groups in total. The van der Waals surface area contributed by atoms with E-state index in [1.807, 2.05) is 0 Å². The van der Waals surface area contributed by atoms with Crippen LogP contribution in [0.25, 0.3) is 0 Å². The van der Waals surface area contributed by atoms with Crippen molar-refractivity contribution in [2.45, 2.75) is 90.8 Å². The van der Waals surface area contributed by atoms with E-state index < -0.39 is 0 Å². The molecular weight excluding hydrogens is 260 g/mol. The summed E-state index contributed by atoms with van der Waals surface area (Å²) in [5.41, 5.74) is 6.44. The zero-order valence-electron chi connectivity index (χ0n) is 15.2. The summed E-state index contributed by atoms with van der Waals surface area (Å²) in [6, 6.07) is 0.634. The molecule has 0 amide bonds. The first kappa shape index (κ1) is 18.9. The highest BCUT2D eigenvalue weighted by Crippen LogP contribution is 2.40. The van der Waals surface area contributed by atoms with Gasteiger partial charge in [-0.05, 0) is 44.9 Å². The highest BCUT2D eigenvalue weighted by atomic mass is 16.5. The Labute approximate surface area is 132 Å². The van der Waals surface area contributed by atoms with Crippen LogP contribution in [0.4, 0.5) is 0 Å². The van der Waals surface area contributed by atoms with Gasteiger partial charge in [0.1, 0.15) is 0 Å². The van der Waals surface area contributed by atoms with E-state index in [0.717, 1.165) is 39.0 Å². The number of hydrogen-bond acceptors (Lipinski definition) is 3. The molecular formula is C18H38N2O.